The zero-order chi connectivity index (χ0) is 20.4. The summed E-state index contributed by atoms with van der Waals surface area (Å²) in [4.78, 5) is 53.2. The fraction of sp³-hybridized carbons (Fsp3) is 0.538. The van der Waals surface area contributed by atoms with Gasteiger partial charge >= 0.3 is 21.1 Å². The van der Waals surface area contributed by atoms with Crippen LogP contribution in [0, 0.1) is 5.92 Å². The maximum Gasteiger partial charge on any atom is 0.472 e. The van der Waals surface area contributed by atoms with E-state index in [1.165, 1.54) is 19.4 Å². The number of rotatable bonds is 7. The number of aromatic amines is 1. The predicted molar refractivity (Wildman–Crippen MR) is 92.2 cm³/mol. The summed E-state index contributed by atoms with van der Waals surface area (Å²) in [6.07, 6.45) is 0.374. The fourth-order valence-corrected chi connectivity index (χ4v) is 4.12. The van der Waals surface area contributed by atoms with Gasteiger partial charge in [-0.2, -0.15) is 0 Å². The molecule has 0 aromatic carbocycles. The first-order valence-corrected chi connectivity index (χ1v) is 10.8. The third-order valence-corrected chi connectivity index (χ3v) is 5.66. The molecule has 1 aromatic rings. The molecule has 4 N–H and O–H groups in total. The molecule has 1 fully saturated rings. The molecule has 0 radical (unpaired) electrons. The fourth-order valence-electron chi connectivity index (χ4n) is 3.02. The Hall–Kier alpha value is -1.36. The number of nitrogens with zero attached hydrogens (tertiary/aromatic N) is 1. The molecule has 0 aliphatic heterocycles. The van der Waals surface area contributed by atoms with E-state index in [0.29, 0.717) is 5.82 Å². The molecule has 0 bridgehead atoms. The number of phosphoric ester groups is 1. The van der Waals surface area contributed by atoms with Crippen molar-refractivity contribution in [3.05, 3.63) is 45.0 Å². The molecule has 152 valence electrons. The van der Waals surface area contributed by atoms with Gasteiger partial charge in [0.2, 0.25) is 0 Å². The quantitative estimate of drug-likeness (QED) is 0.432. The number of H-pyrrole nitrogens is 1. The van der Waals surface area contributed by atoms with Gasteiger partial charge in [0.25, 0.3) is 5.56 Å². The Kier molecular flexibility index (Phi) is 6.77. The largest absolute Gasteiger partial charge is 0.472 e. The van der Waals surface area contributed by atoms with Crippen molar-refractivity contribution in [2.24, 2.45) is 5.92 Å². The van der Waals surface area contributed by atoms with Gasteiger partial charge in [0.15, 0.2) is 0 Å². The Balaban J connectivity index is 2.48. The van der Waals surface area contributed by atoms with Crippen molar-refractivity contribution in [1.29, 1.82) is 0 Å². The minimum absolute atomic E-state index is 0.0787. The second-order valence-corrected chi connectivity index (χ2v) is 8.83. The Morgan fingerprint density at radius 3 is 2.41 bits per heavy atom. The molecule has 0 amide bonds. The van der Waals surface area contributed by atoms with Crippen molar-refractivity contribution in [2.45, 2.75) is 24.7 Å². The minimum Gasteiger partial charge on any atom is -0.378 e. The molecular weight excluding hydrogens is 406 g/mol. The van der Waals surface area contributed by atoms with Crippen LogP contribution in [-0.2, 0) is 22.9 Å². The van der Waals surface area contributed by atoms with Crippen LogP contribution in [0.2, 0.25) is 0 Å². The zero-order valence-corrected chi connectivity index (χ0v) is 16.2. The molecule has 0 saturated heterocycles. The molecule has 1 aliphatic rings. The van der Waals surface area contributed by atoms with E-state index in [4.69, 9.17) is 19.0 Å². The van der Waals surface area contributed by atoms with Crippen LogP contribution in [0.4, 0.5) is 0 Å². The summed E-state index contributed by atoms with van der Waals surface area (Å²) in [5, 5.41) is 0. The summed E-state index contributed by atoms with van der Waals surface area (Å²) in [5.41, 5.74) is -1.40. The normalized spacial score (nSPS) is 28.5. The molecule has 1 aromatic heterocycles. The number of nitrogens with one attached hydrogen (secondary N) is 1. The Bertz CT molecular complexity index is 903. The predicted octanol–water partition coefficient (Wildman–Crippen LogP) is -0.0640. The molecule has 1 aliphatic carbocycles. The van der Waals surface area contributed by atoms with Gasteiger partial charge in [-0.1, -0.05) is 6.08 Å². The average molecular weight is 426 g/mol. The van der Waals surface area contributed by atoms with Gasteiger partial charge in [-0.3, -0.25) is 28.0 Å². The molecule has 1 saturated carbocycles. The van der Waals surface area contributed by atoms with Gasteiger partial charge in [-0.05, 0) is 6.42 Å². The average Bonchev–Trinajstić information content (AvgIpc) is 2.89. The lowest BCUT2D eigenvalue weighted by molar-refractivity contribution is -0.0187. The van der Waals surface area contributed by atoms with E-state index in [0.717, 1.165) is 17.7 Å². The van der Waals surface area contributed by atoms with Crippen LogP contribution in [0.3, 0.4) is 0 Å². The van der Waals surface area contributed by atoms with E-state index in [1.54, 1.807) is 0 Å². The molecule has 0 spiro atoms. The van der Waals surface area contributed by atoms with Crippen molar-refractivity contribution >= 4 is 15.4 Å². The number of hydrogen-bond acceptors (Lipinski definition) is 7. The number of aromatic nitrogens is 2. The Labute approximate surface area is 153 Å². The lowest BCUT2D eigenvalue weighted by atomic mass is 10.1. The molecular formula is C13H20N2O10P2. The summed E-state index contributed by atoms with van der Waals surface area (Å²) < 4.78 is 39.0. The highest BCUT2D eigenvalue weighted by molar-refractivity contribution is 7.55. The highest BCUT2D eigenvalue weighted by Crippen LogP contribution is 2.51. The second-order valence-electron chi connectivity index (χ2n) is 5.84. The SMILES string of the molecule is CO[C@@H]1[C@@H](/C=C/P(=O)(O)O)CC(n2ccc(=O)[nH]c2=O)[C@@H]1OP(=O)(O)OC. The summed E-state index contributed by atoms with van der Waals surface area (Å²) >= 11 is 0. The van der Waals surface area contributed by atoms with E-state index in [2.05, 4.69) is 9.51 Å². The summed E-state index contributed by atoms with van der Waals surface area (Å²) in [5.74, 6) is 0.0291. The van der Waals surface area contributed by atoms with Crippen molar-refractivity contribution in [1.82, 2.24) is 9.55 Å². The van der Waals surface area contributed by atoms with Crippen LogP contribution in [0.5, 0.6) is 0 Å². The Morgan fingerprint density at radius 1 is 1.22 bits per heavy atom. The van der Waals surface area contributed by atoms with Gasteiger partial charge in [-0.15, -0.1) is 0 Å². The lowest BCUT2D eigenvalue weighted by Crippen LogP contribution is -2.38. The summed E-state index contributed by atoms with van der Waals surface area (Å²) in [6.45, 7) is 0. The van der Waals surface area contributed by atoms with E-state index in [9.17, 15) is 23.6 Å². The van der Waals surface area contributed by atoms with Crippen molar-refractivity contribution in [3.8, 4) is 0 Å². The third kappa shape index (κ3) is 5.56. The first kappa shape index (κ1) is 21.9. The topological polar surface area (TPSA) is 177 Å². The first-order chi connectivity index (χ1) is 12.5. The molecule has 2 unspecified atom stereocenters. The highest BCUT2D eigenvalue weighted by atomic mass is 31.2. The van der Waals surface area contributed by atoms with Gasteiger partial charge < -0.3 is 19.4 Å². The van der Waals surface area contributed by atoms with E-state index >= 15 is 0 Å². The Morgan fingerprint density at radius 2 is 1.89 bits per heavy atom. The van der Waals surface area contributed by atoms with Gasteiger partial charge in [0.05, 0.1) is 12.1 Å². The maximum absolute atomic E-state index is 12.1. The van der Waals surface area contributed by atoms with Crippen molar-refractivity contribution < 1.29 is 37.6 Å². The standard InChI is InChI=1S/C13H20N2O10P2/c1-23-11-8(4-6-26(18,19)20)7-9(12(11)25-27(21,22)24-2)15-5-3-10(16)14-13(15)17/h3-6,8-9,11-12H,7H2,1-2H3,(H,21,22)(H,14,16,17)(H2,18,19,20)/b6-4+/t8-,9?,11+,12-/m0/s1. The number of ether oxygens (including phenoxy) is 1. The monoisotopic (exact) mass is 426 g/mol. The van der Waals surface area contributed by atoms with Crippen LogP contribution in [-0.4, -0.2) is 50.7 Å². The summed E-state index contributed by atoms with van der Waals surface area (Å²) in [7, 11) is -6.68. The van der Waals surface area contributed by atoms with E-state index in [1.807, 2.05) is 0 Å². The highest BCUT2D eigenvalue weighted by Gasteiger charge is 2.48. The van der Waals surface area contributed by atoms with Gasteiger partial charge in [0, 0.05) is 38.2 Å². The summed E-state index contributed by atoms with van der Waals surface area (Å²) in [6, 6.07) is 0.217. The maximum atomic E-state index is 12.1. The van der Waals surface area contributed by atoms with Crippen LogP contribution in [0.25, 0.3) is 0 Å². The van der Waals surface area contributed by atoms with Gasteiger partial charge in [-0.25, -0.2) is 9.36 Å². The molecule has 1 heterocycles. The van der Waals surface area contributed by atoms with E-state index in [-0.39, 0.29) is 6.42 Å². The molecule has 14 heteroatoms. The smallest absolute Gasteiger partial charge is 0.378 e. The van der Waals surface area contributed by atoms with Crippen LogP contribution in [0.15, 0.2) is 33.7 Å². The molecule has 2 rings (SSSR count). The minimum atomic E-state index is -4.48. The van der Waals surface area contributed by atoms with Crippen LogP contribution < -0.4 is 11.2 Å². The number of phosphoric acid groups is 1. The van der Waals surface area contributed by atoms with Crippen LogP contribution in [0.1, 0.15) is 12.5 Å². The van der Waals surface area contributed by atoms with Crippen molar-refractivity contribution in [2.75, 3.05) is 14.2 Å². The first-order valence-electron chi connectivity index (χ1n) is 7.63. The zero-order valence-electron chi connectivity index (χ0n) is 14.4. The number of methoxy groups -OCH3 is 1. The van der Waals surface area contributed by atoms with E-state index < -0.39 is 50.8 Å². The number of hydrogen-bond donors (Lipinski definition) is 4. The van der Waals surface area contributed by atoms with Crippen LogP contribution >= 0.6 is 15.4 Å². The van der Waals surface area contributed by atoms with Crippen molar-refractivity contribution in [3.63, 3.8) is 0 Å². The van der Waals surface area contributed by atoms with Gasteiger partial charge in [0.1, 0.15) is 6.10 Å². The lowest BCUT2D eigenvalue weighted by Gasteiger charge is -2.27. The second kappa shape index (κ2) is 8.34. The molecule has 12 nitrogen and oxygen atoms in total. The molecule has 5 atom stereocenters. The molecule has 27 heavy (non-hydrogen) atoms. The third-order valence-electron chi connectivity index (χ3n) is 4.13.